The van der Waals surface area contributed by atoms with E-state index < -0.39 is 12.0 Å². The van der Waals surface area contributed by atoms with Gasteiger partial charge in [0.2, 0.25) is 5.85 Å². The third kappa shape index (κ3) is 5.20. The van der Waals surface area contributed by atoms with Gasteiger partial charge in [-0.15, -0.1) is 0 Å². The summed E-state index contributed by atoms with van der Waals surface area (Å²) in [7, 11) is 0. The lowest BCUT2D eigenvalue weighted by molar-refractivity contribution is -0.0829. The number of rotatable bonds is 1. The molecule has 48 valence electrons. The van der Waals surface area contributed by atoms with Crippen molar-refractivity contribution in [3.05, 3.63) is 0 Å². The number of carbonyl (C=O) groups is 1. The van der Waals surface area contributed by atoms with Crippen molar-refractivity contribution in [1.82, 2.24) is 0 Å². The maximum absolute atomic E-state index is 12.0. The fourth-order valence-corrected chi connectivity index (χ4v) is 0.208. The molecule has 8 heavy (non-hydrogen) atoms. The molecule has 0 heterocycles. The Labute approximate surface area is 46.1 Å². The van der Waals surface area contributed by atoms with Gasteiger partial charge in [-0.05, 0) is 0 Å². The van der Waals surface area contributed by atoms with Crippen LogP contribution in [0.25, 0.3) is 0 Å². The van der Waals surface area contributed by atoms with Gasteiger partial charge in [-0.1, -0.05) is 0 Å². The second-order valence-electron chi connectivity index (χ2n) is 1.73. The molecule has 0 radical (unpaired) electrons. The summed E-state index contributed by atoms with van der Waals surface area (Å²) in [4.78, 5) is 9.55. The van der Waals surface area contributed by atoms with Gasteiger partial charge in [0.05, 0.1) is 0 Å². The standard InChI is InChI=1S/C4H7FO3/c1-4(2,5)8-3(6)7/h1-2H3,(H,6,7). The zero-order valence-electron chi connectivity index (χ0n) is 4.64. The highest BCUT2D eigenvalue weighted by atomic mass is 19.2. The third-order valence-corrected chi connectivity index (χ3v) is 0.330. The molecule has 0 unspecified atom stereocenters. The van der Waals surface area contributed by atoms with E-state index in [0.717, 1.165) is 13.8 Å². The summed E-state index contributed by atoms with van der Waals surface area (Å²) in [6.07, 6.45) is -1.60. The molecule has 0 fully saturated rings. The summed E-state index contributed by atoms with van der Waals surface area (Å²) >= 11 is 0. The number of hydrogen-bond acceptors (Lipinski definition) is 2. The van der Waals surface area contributed by atoms with Gasteiger partial charge in [0.1, 0.15) is 0 Å². The van der Waals surface area contributed by atoms with E-state index >= 15 is 0 Å². The molecule has 0 amide bonds. The molecule has 0 aromatic heterocycles. The Morgan fingerprint density at radius 3 is 2.12 bits per heavy atom. The fourth-order valence-electron chi connectivity index (χ4n) is 0.208. The molecular formula is C4H7FO3. The van der Waals surface area contributed by atoms with Gasteiger partial charge in [-0.2, -0.15) is 4.39 Å². The van der Waals surface area contributed by atoms with Gasteiger partial charge in [0, 0.05) is 13.8 Å². The Balaban J connectivity index is 3.55. The first-order valence-electron chi connectivity index (χ1n) is 2.02. The van der Waals surface area contributed by atoms with E-state index in [4.69, 9.17) is 5.11 Å². The SMILES string of the molecule is CC(C)(F)OC(=O)O. The van der Waals surface area contributed by atoms with Crippen molar-refractivity contribution in [3.63, 3.8) is 0 Å². The Bertz CT molecular complexity index is 93.9. The second-order valence-corrected chi connectivity index (χ2v) is 1.73. The minimum atomic E-state index is -2.08. The summed E-state index contributed by atoms with van der Waals surface area (Å²) in [5.41, 5.74) is 0. The molecule has 0 aliphatic rings. The predicted octanol–water partition coefficient (Wildman–Crippen LogP) is 1.39. The average Bonchev–Trinajstić information content (AvgIpc) is 1.21. The Morgan fingerprint density at radius 2 is 2.12 bits per heavy atom. The van der Waals surface area contributed by atoms with Crippen LogP contribution in [0, 0.1) is 0 Å². The molecule has 1 N–H and O–H groups in total. The average molecular weight is 122 g/mol. The zero-order valence-corrected chi connectivity index (χ0v) is 4.64. The highest BCUT2D eigenvalue weighted by Gasteiger charge is 2.19. The normalized spacial score (nSPS) is 10.9. The molecule has 0 aromatic rings. The fraction of sp³-hybridized carbons (Fsp3) is 0.750. The lowest BCUT2D eigenvalue weighted by Crippen LogP contribution is -2.20. The number of ether oxygens (including phenoxy) is 1. The third-order valence-electron chi connectivity index (χ3n) is 0.330. The van der Waals surface area contributed by atoms with Crippen LogP contribution in [0.5, 0.6) is 0 Å². The summed E-state index contributed by atoms with van der Waals surface area (Å²) < 4.78 is 15.7. The topological polar surface area (TPSA) is 46.5 Å². The lowest BCUT2D eigenvalue weighted by atomic mass is 10.4. The van der Waals surface area contributed by atoms with Crippen molar-refractivity contribution in [3.8, 4) is 0 Å². The van der Waals surface area contributed by atoms with E-state index in [1.165, 1.54) is 0 Å². The van der Waals surface area contributed by atoms with Crippen molar-refractivity contribution in [1.29, 1.82) is 0 Å². The van der Waals surface area contributed by atoms with E-state index in [1.807, 2.05) is 0 Å². The van der Waals surface area contributed by atoms with E-state index in [-0.39, 0.29) is 0 Å². The first kappa shape index (κ1) is 7.20. The van der Waals surface area contributed by atoms with Gasteiger partial charge in [-0.3, -0.25) is 0 Å². The largest absolute Gasteiger partial charge is 0.508 e. The van der Waals surface area contributed by atoms with Crippen molar-refractivity contribution < 1.29 is 19.0 Å². The van der Waals surface area contributed by atoms with Gasteiger partial charge in [0.25, 0.3) is 0 Å². The number of hydrogen-bond donors (Lipinski definition) is 1. The summed E-state index contributed by atoms with van der Waals surface area (Å²) in [5.74, 6) is -2.08. The molecule has 3 nitrogen and oxygen atoms in total. The molecule has 0 aromatic carbocycles. The van der Waals surface area contributed by atoms with E-state index in [0.29, 0.717) is 0 Å². The quantitative estimate of drug-likeness (QED) is 0.534. The molecule has 0 rings (SSSR count). The van der Waals surface area contributed by atoms with Crippen LogP contribution in [-0.2, 0) is 4.74 Å². The van der Waals surface area contributed by atoms with E-state index in [9.17, 15) is 9.18 Å². The second kappa shape index (κ2) is 1.98. The van der Waals surface area contributed by atoms with Crippen molar-refractivity contribution in [2.75, 3.05) is 0 Å². The monoisotopic (exact) mass is 122 g/mol. The summed E-state index contributed by atoms with van der Waals surface area (Å²) in [6, 6.07) is 0. The molecule has 0 bridgehead atoms. The molecule has 0 aliphatic heterocycles. The van der Waals surface area contributed by atoms with Crippen molar-refractivity contribution in [2.45, 2.75) is 19.7 Å². The molecule has 0 saturated heterocycles. The van der Waals surface area contributed by atoms with Crippen LogP contribution in [0.3, 0.4) is 0 Å². The molecule has 4 heteroatoms. The highest BCUT2D eigenvalue weighted by Crippen LogP contribution is 2.08. The van der Waals surface area contributed by atoms with E-state index in [2.05, 4.69) is 4.74 Å². The van der Waals surface area contributed by atoms with E-state index in [1.54, 1.807) is 0 Å². The van der Waals surface area contributed by atoms with Crippen LogP contribution in [-0.4, -0.2) is 17.1 Å². The lowest BCUT2D eigenvalue weighted by Gasteiger charge is -2.10. The highest BCUT2D eigenvalue weighted by molar-refractivity contribution is 5.57. The maximum atomic E-state index is 12.0. The summed E-state index contributed by atoms with van der Waals surface area (Å²) in [5, 5.41) is 7.79. The minimum Gasteiger partial charge on any atom is -0.450 e. The minimum absolute atomic E-state index is 1.02. The molecule has 0 atom stereocenters. The predicted molar refractivity (Wildman–Crippen MR) is 24.3 cm³/mol. The number of alkyl halides is 1. The van der Waals surface area contributed by atoms with Gasteiger partial charge >= 0.3 is 6.16 Å². The van der Waals surface area contributed by atoms with Crippen LogP contribution in [0.15, 0.2) is 0 Å². The molecule has 0 saturated carbocycles. The smallest absolute Gasteiger partial charge is 0.450 e. The van der Waals surface area contributed by atoms with Gasteiger partial charge < -0.3 is 9.84 Å². The van der Waals surface area contributed by atoms with Gasteiger partial charge in [0.15, 0.2) is 0 Å². The zero-order chi connectivity index (χ0) is 6.78. The number of halogens is 1. The van der Waals surface area contributed by atoms with Crippen LogP contribution in [0.2, 0.25) is 0 Å². The maximum Gasteiger partial charge on any atom is 0.508 e. The molecule has 0 spiro atoms. The Morgan fingerprint density at radius 1 is 1.75 bits per heavy atom. The van der Waals surface area contributed by atoms with Crippen LogP contribution in [0.1, 0.15) is 13.8 Å². The number of carboxylic acid groups (broad SMARTS) is 1. The van der Waals surface area contributed by atoms with Crippen LogP contribution < -0.4 is 0 Å². The van der Waals surface area contributed by atoms with Crippen molar-refractivity contribution >= 4 is 6.16 Å². The Hall–Kier alpha value is -0.800. The summed E-state index contributed by atoms with van der Waals surface area (Å²) in [6.45, 7) is 2.03. The van der Waals surface area contributed by atoms with Gasteiger partial charge in [-0.25, -0.2) is 4.79 Å². The van der Waals surface area contributed by atoms with Crippen LogP contribution >= 0.6 is 0 Å². The first-order chi connectivity index (χ1) is 3.42. The van der Waals surface area contributed by atoms with Crippen molar-refractivity contribution in [2.24, 2.45) is 0 Å². The van der Waals surface area contributed by atoms with Crippen LogP contribution in [0.4, 0.5) is 9.18 Å². The first-order valence-corrected chi connectivity index (χ1v) is 2.02. The molecular weight excluding hydrogens is 115 g/mol. The molecule has 0 aliphatic carbocycles. The Kier molecular flexibility index (Phi) is 1.78.